The summed E-state index contributed by atoms with van der Waals surface area (Å²) in [5, 5.41) is 12.2. The summed E-state index contributed by atoms with van der Waals surface area (Å²) in [6, 6.07) is 3.61. The molecule has 0 aromatic carbocycles. The molecule has 23 heavy (non-hydrogen) atoms. The van der Waals surface area contributed by atoms with Crippen molar-refractivity contribution in [1.29, 1.82) is 0 Å². The van der Waals surface area contributed by atoms with E-state index in [2.05, 4.69) is 20.3 Å². The predicted molar refractivity (Wildman–Crippen MR) is 81.5 cm³/mol. The Bertz CT molecular complexity index is 629. The number of carbonyl (C=O) groups excluding carboxylic acids is 1. The van der Waals surface area contributed by atoms with E-state index < -0.39 is 5.91 Å². The topological polar surface area (TPSA) is 106 Å². The van der Waals surface area contributed by atoms with E-state index in [0.717, 1.165) is 5.56 Å². The first-order valence-corrected chi connectivity index (χ1v) is 6.93. The maximum absolute atomic E-state index is 12.4. The summed E-state index contributed by atoms with van der Waals surface area (Å²) in [6.07, 6.45) is 4.55. The lowest BCUT2D eigenvalue weighted by molar-refractivity contribution is 0.0939. The van der Waals surface area contributed by atoms with Crippen LogP contribution in [0.1, 0.15) is 21.8 Å². The Morgan fingerprint density at radius 2 is 2.00 bits per heavy atom. The Morgan fingerprint density at radius 1 is 1.30 bits per heavy atom. The molecule has 0 aliphatic heterocycles. The van der Waals surface area contributed by atoms with Crippen LogP contribution in [0.4, 0.5) is 0 Å². The van der Waals surface area contributed by atoms with Crippen LogP contribution in [0.5, 0.6) is 11.8 Å². The average molecular weight is 318 g/mol. The number of methoxy groups -OCH3 is 2. The van der Waals surface area contributed by atoms with Gasteiger partial charge in [0.05, 0.1) is 20.8 Å². The number of aliphatic hydroxyl groups excluding tert-OH is 1. The number of amides is 1. The summed E-state index contributed by atoms with van der Waals surface area (Å²) in [5.74, 6) is -0.469. The molecular weight excluding hydrogens is 300 g/mol. The van der Waals surface area contributed by atoms with E-state index in [1.165, 1.54) is 20.5 Å². The molecular formula is C15H18N4O4. The highest BCUT2D eigenvalue weighted by Crippen LogP contribution is 2.23. The zero-order valence-corrected chi connectivity index (χ0v) is 12.9. The quantitative estimate of drug-likeness (QED) is 0.760. The highest BCUT2D eigenvalue weighted by Gasteiger charge is 2.22. The van der Waals surface area contributed by atoms with Crippen LogP contribution in [-0.4, -0.2) is 53.3 Å². The molecule has 8 heteroatoms. The van der Waals surface area contributed by atoms with E-state index in [1.807, 2.05) is 6.07 Å². The van der Waals surface area contributed by atoms with E-state index in [9.17, 15) is 9.90 Å². The Balaban J connectivity index is 2.13. The van der Waals surface area contributed by atoms with Gasteiger partial charge in [0.2, 0.25) is 11.8 Å². The Hall–Kier alpha value is -2.74. The lowest BCUT2D eigenvalue weighted by Gasteiger charge is -2.16. The molecule has 2 rings (SSSR count). The van der Waals surface area contributed by atoms with Gasteiger partial charge in [-0.25, -0.2) is 9.97 Å². The minimum absolute atomic E-state index is 0.111. The van der Waals surface area contributed by atoms with Gasteiger partial charge >= 0.3 is 0 Å². The molecule has 122 valence electrons. The first-order valence-electron chi connectivity index (χ1n) is 6.93. The smallest absolute Gasteiger partial charge is 0.262 e. The summed E-state index contributed by atoms with van der Waals surface area (Å²) in [6.45, 7) is 0.105. The van der Waals surface area contributed by atoms with Crippen molar-refractivity contribution in [3.8, 4) is 11.8 Å². The van der Waals surface area contributed by atoms with Gasteiger partial charge in [-0.3, -0.25) is 9.78 Å². The lowest BCUT2D eigenvalue weighted by atomic mass is 10.0. The summed E-state index contributed by atoms with van der Waals surface area (Å²) in [4.78, 5) is 24.2. The molecule has 2 aromatic rings. The van der Waals surface area contributed by atoms with Crippen LogP contribution in [0.3, 0.4) is 0 Å². The fraction of sp³-hybridized carbons (Fsp3) is 0.333. The van der Waals surface area contributed by atoms with E-state index in [1.54, 1.807) is 18.5 Å². The van der Waals surface area contributed by atoms with Gasteiger partial charge in [0.25, 0.3) is 5.91 Å². The van der Waals surface area contributed by atoms with Crippen LogP contribution < -0.4 is 14.8 Å². The molecule has 1 atom stereocenters. The number of aliphatic hydroxyl groups is 1. The van der Waals surface area contributed by atoms with Crippen molar-refractivity contribution in [3.63, 3.8) is 0 Å². The van der Waals surface area contributed by atoms with Gasteiger partial charge in [-0.05, 0) is 11.6 Å². The van der Waals surface area contributed by atoms with E-state index in [-0.39, 0.29) is 36.4 Å². The molecule has 2 heterocycles. The average Bonchev–Trinajstić information content (AvgIpc) is 2.62. The molecule has 0 saturated carbocycles. The molecule has 2 aromatic heterocycles. The maximum atomic E-state index is 12.4. The van der Waals surface area contributed by atoms with Gasteiger partial charge in [0, 0.05) is 24.9 Å². The SMILES string of the molecule is COc1ncnc(OC)c1C(=O)NC[C@@H](CO)c1cccnc1. The van der Waals surface area contributed by atoms with E-state index >= 15 is 0 Å². The molecule has 0 fully saturated rings. The van der Waals surface area contributed by atoms with E-state index in [4.69, 9.17) is 9.47 Å². The molecule has 0 bridgehead atoms. The normalized spacial score (nSPS) is 11.6. The Kier molecular flexibility index (Phi) is 5.81. The largest absolute Gasteiger partial charge is 0.480 e. The second kappa shape index (κ2) is 8.04. The lowest BCUT2D eigenvalue weighted by Crippen LogP contribution is -2.30. The van der Waals surface area contributed by atoms with Crippen LogP contribution >= 0.6 is 0 Å². The molecule has 0 spiro atoms. The van der Waals surface area contributed by atoms with Gasteiger partial charge in [-0.15, -0.1) is 0 Å². The van der Waals surface area contributed by atoms with Crippen LogP contribution in [0.2, 0.25) is 0 Å². The number of ether oxygens (including phenoxy) is 2. The van der Waals surface area contributed by atoms with Crippen LogP contribution in [0.25, 0.3) is 0 Å². The molecule has 0 saturated heterocycles. The van der Waals surface area contributed by atoms with E-state index in [0.29, 0.717) is 0 Å². The fourth-order valence-corrected chi connectivity index (χ4v) is 2.07. The third kappa shape index (κ3) is 3.92. The zero-order valence-electron chi connectivity index (χ0n) is 12.9. The molecule has 0 radical (unpaired) electrons. The van der Waals surface area contributed by atoms with Crippen molar-refractivity contribution in [1.82, 2.24) is 20.3 Å². The highest BCUT2D eigenvalue weighted by atomic mass is 16.5. The zero-order chi connectivity index (χ0) is 16.7. The number of rotatable bonds is 7. The minimum Gasteiger partial charge on any atom is -0.480 e. The number of carbonyl (C=O) groups is 1. The standard InChI is InChI=1S/C15H18N4O4/c1-22-14-12(15(23-2)19-9-18-14)13(21)17-7-11(8-20)10-4-3-5-16-6-10/h3-6,9,11,20H,7-8H2,1-2H3,(H,17,21)/t11-/m0/s1. The molecule has 0 aliphatic rings. The van der Waals surface area contributed by atoms with Crippen LogP contribution in [0, 0.1) is 0 Å². The third-order valence-electron chi connectivity index (χ3n) is 3.28. The van der Waals surface area contributed by atoms with Crippen molar-refractivity contribution in [3.05, 3.63) is 42.0 Å². The van der Waals surface area contributed by atoms with Crippen molar-refractivity contribution in [2.24, 2.45) is 0 Å². The number of hydrogen-bond donors (Lipinski definition) is 2. The van der Waals surface area contributed by atoms with Crippen LogP contribution in [0.15, 0.2) is 30.9 Å². The molecule has 2 N–H and O–H groups in total. The van der Waals surface area contributed by atoms with Crippen LogP contribution in [-0.2, 0) is 0 Å². The number of pyridine rings is 1. The molecule has 0 aliphatic carbocycles. The predicted octanol–water partition coefficient (Wildman–Crippen LogP) is 0.395. The number of aromatic nitrogens is 3. The third-order valence-corrected chi connectivity index (χ3v) is 3.28. The fourth-order valence-electron chi connectivity index (χ4n) is 2.07. The summed E-state index contributed by atoms with van der Waals surface area (Å²) in [7, 11) is 2.81. The second-order valence-electron chi connectivity index (χ2n) is 4.64. The summed E-state index contributed by atoms with van der Waals surface area (Å²) >= 11 is 0. The van der Waals surface area contributed by atoms with Crippen molar-refractivity contribution >= 4 is 5.91 Å². The van der Waals surface area contributed by atoms with Gasteiger partial charge in [0.1, 0.15) is 6.33 Å². The van der Waals surface area contributed by atoms with Gasteiger partial charge in [-0.1, -0.05) is 6.07 Å². The minimum atomic E-state index is -0.443. The Morgan fingerprint density at radius 3 is 2.52 bits per heavy atom. The monoisotopic (exact) mass is 318 g/mol. The van der Waals surface area contributed by atoms with Gasteiger partial charge in [0.15, 0.2) is 5.56 Å². The molecule has 1 amide bonds. The highest BCUT2D eigenvalue weighted by molar-refractivity contribution is 5.98. The summed E-state index contributed by atoms with van der Waals surface area (Å²) in [5.41, 5.74) is 0.943. The number of hydrogen-bond acceptors (Lipinski definition) is 7. The number of nitrogens with zero attached hydrogens (tertiary/aromatic N) is 3. The van der Waals surface area contributed by atoms with Crippen molar-refractivity contribution in [2.45, 2.75) is 5.92 Å². The molecule has 8 nitrogen and oxygen atoms in total. The Labute approximate surface area is 133 Å². The number of nitrogens with one attached hydrogen (secondary N) is 1. The van der Waals surface area contributed by atoms with Gasteiger partial charge in [-0.2, -0.15) is 0 Å². The maximum Gasteiger partial charge on any atom is 0.262 e. The summed E-state index contributed by atoms with van der Waals surface area (Å²) < 4.78 is 10.2. The van der Waals surface area contributed by atoms with Crippen molar-refractivity contribution < 1.29 is 19.4 Å². The first-order chi connectivity index (χ1) is 11.2. The molecule has 0 unspecified atom stereocenters. The second-order valence-corrected chi connectivity index (χ2v) is 4.64. The first kappa shape index (κ1) is 16.6. The van der Waals surface area contributed by atoms with Gasteiger partial charge < -0.3 is 19.9 Å². The van der Waals surface area contributed by atoms with Crippen molar-refractivity contribution in [2.75, 3.05) is 27.4 Å².